The number of aryl methyl sites for hydroxylation is 1. The Morgan fingerprint density at radius 2 is 1.77 bits per heavy atom. The molecule has 1 aliphatic rings. The summed E-state index contributed by atoms with van der Waals surface area (Å²) in [5, 5.41) is 9.08. The summed E-state index contributed by atoms with van der Waals surface area (Å²) < 4.78 is 5.94. The Bertz CT molecular complexity index is 873. The van der Waals surface area contributed by atoms with Crippen molar-refractivity contribution in [2.24, 2.45) is 5.41 Å². The molecule has 158 valence electrons. The molecule has 0 atom stereocenters. The molecule has 0 unspecified atom stereocenters. The Morgan fingerprint density at radius 1 is 1.00 bits per heavy atom. The molecule has 0 radical (unpaired) electrons. The minimum Gasteiger partial charge on any atom is -0.381 e. The molecule has 30 heavy (non-hydrogen) atoms. The molecule has 4 rings (SSSR count). The number of benzene rings is 2. The molecule has 0 spiro atoms. The summed E-state index contributed by atoms with van der Waals surface area (Å²) in [4.78, 5) is 2.59. The zero-order valence-corrected chi connectivity index (χ0v) is 18.6. The van der Waals surface area contributed by atoms with Gasteiger partial charge in [0.2, 0.25) is 0 Å². The van der Waals surface area contributed by atoms with Crippen molar-refractivity contribution in [3.05, 3.63) is 71.2 Å². The number of likely N-dealkylation sites (tertiary alicyclic amines) is 1. The van der Waals surface area contributed by atoms with Crippen molar-refractivity contribution >= 4 is 11.3 Å². The fourth-order valence-electron chi connectivity index (χ4n) is 4.33. The fraction of sp³-hybridized carbons (Fsp3) is 0.440. The third-order valence-corrected chi connectivity index (χ3v) is 7.02. The van der Waals surface area contributed by atoms with Gasteiger partial charge in [0.25, 0.3) is 0 Å². The second-order valence-electron chi connectivity index (χ2n) is 8.34. The number of ether oxygens (including phenoxy) is 1. The highest BCUT2D eigenvalue weighted by molar-refractivity contribution is 7.12. The number of rotatable bonds is 9. The van der Waals surface area contributed by atoms with Gasteiger partial charge in [-0.05, 0) is 62.2 Å². The average Bonchev–Trinajstić information content (AvgIpc) is 3.34. The van der Waals surface area contributed by atoms with E-state index in [1.165, 1.54) is 30.4 Å². The van der Waals surface area contributed by atoms with E-state index < -0.39 is 0 Å². The second-order valence-corrected chi connectivity index (χ2v) is 9.17. The van der Waals surface area contributed by atoms with E-state index in [-0.39, 0.29) is 0 Å². The lowest BCUT2D eigenvalue weighted by molar-refractivity contribution is -0.00232. The van der Waals surface area contributed by atoms with Gasteiger partial charge in [-0.15, -0.1) is 10.2 Å². The molecule has 2 heterocycles. The zero-order valence-electron chi connectivity index (χ0n) is 17.8. The van der Waals surface area contributed by atoms with Gasteiger partial charge in [-0.3, -0.25) is 4.90 Å². The molecule has 4 nitrogen and oxygen atoms in total. The smallest absolute Gasteiger partial charge is 0.147 e. The molecule has 0 aliphatic carbocycles. The Morgan fingerprint density at radius 3 is 2.43 bits per heavy atom. The largest absolute Gasteiger partial charge is 0.381 e. The Hall–Kier alpha value is -2.08. The summed E-state index contributed by atoms with van der Waals surface area (Å²) in [6.45, 7) is 7.09. The van der Waals surface area contributed by atoms with Crippen molar-refractivity contribution < 1.29 is 4.74 Å². The zero-order chi connectivity index (χ0) is 20.7. The van der Waals surface area contributed by atoms with Crippen LogP contribution in [0, 0.1) is 5.41 Å². The summed E-state index contributed by atoms with van der Waals surface area (Å²) in [6, 6.07) is 19.7. The van der Waals surface area contributed by atoms with Gasteiger partial charge in [-0.2, -0.15) is 0 Å². The van der Waals surface area contributed by atoms with Crippen molar-refractivity contribution in [3.8, 4) is 10.6 Å². The number of hydrogen-bond acceptors (Lipinski definition) is 5. The standard InChI is InChI=1S/C25H31N3OS/c1-2-29-19-25(13-12-21-6-4-3-5-7-21)14-16-28(17-15-25)18-22-8-10-23(11-9-22)24-27-26-20-30-24/h3-11,20H,2,12-19H2,1H3. The van der Waals surface area contributed by atoms with Crippen LogP contribution in [-0.4, -0.2) is 41.4 Å². The van der Waals surface area contributed by atoms with Crippen LogP contribution in [0.25, 0.3) is 10.6 Å². The maximum Gasteiger partial charge on any atom is 0.147 e. The molecule has 2 aromatic carbocycles. The molecule has 3 aromatic rings. The highest BCUT2D eigenvalue weighted by atomic mass is 32.1. The molecule has 0 bridgehead atoms. The summed E-state index contributed by atoms with van der Waals surface area (Å²) in [7, 11) is 0. The number of aromatic nitrogens is 2. The normalized spacial score (nSPS) is 16.6. The predicted octanol–water partition coefficient (Wildman–Crippen LogP) is 5.46. The van der Waals surface area contributed by atoms with Crippen molar-refractivity contribution in [1.29, 1.82) is 0 Å². The summed E-state index contributed by atoms with van der Waals surface area (Å²) in [6.07, 6.45) is 4.77. The summed E-state index contributed by atoms with van der Waals surface area (Å²) in [5.41, 5.74) is 6.04. The lowest BCUT2D eigenvalue weighted by Crippen LogP contribution is -2.42. The maximum absolute atomic E-state index is 5.94. The van der Waals surface area contributed by atoms with Crippen molar-refractivity contribution in [2.75, 3.05) is 26.3 Å². The highest BCUT2D eigenvalue weighted by Gasteiger charge is 2.34. The van der Waals surface area contributed by atoms with Crippen molar-refractivity contribution in [2.45, 2.75) is 39.2 Å². The first-order chi connectivity index (χ1) is 14.8. The quantitative estimate of drug-likeness (QED) is 0.460. The predicted molar refractivity (Wildman–Crippen MR) is 124 cm³/mol. The average molecular weight is 422 g/mol. The maximum atomic E-state index is 5.94. The van der Waals surface area contributed by atoms with E-state index in [4.69, 9.17) is 4.74 Å². The lowest BCUT2D eigenvalue weighted by Gasteiger charge is -2.42. The van der Waals surface area contributed by atoms with Crippen LogP contribution >= 0.6 is 11.3 Å². The molecule has 5 heteroatoms. The molecule has 0 N–H and O–H groups in total. The topological polar surface area (TPSA) is 38.2 Å². The summed E-state index contributed by atoms with van der Waals surface area (Å²) >= 11 is 1.58. The van der Waals surface area contributed by atoms with E-state index in [9.17, 15) is 0 Å². The van der Waals surface area contributed by atoms with Crippen molar-refractivity contribution in [3.63, 3.8) is 0 Å². The van der Waals surface area contributed by atoms with Crippen LogP contribution in [0.5, 0.6) is 0 Å². The first-order valence-electron chi connectivity index (χ1n) is 11.0. The molecule has 0 amide bonds. The van der Waals surface area contributed by atoms with E-state index in [2.05, 4.69) is 76.6 Å². The lowest BCUT2D eigenvalue weighted by atomic mass is 9.74. The van der Waals surface area contributed by atoms with Crippen LogP contribution in [-0.2, 0) is 17.7 Å². The molecule has 1 aromatic heterocycles. The van der Waals surface area contributed by atoms with Gasteiger partial charge >= 0.3 is 0 Å². The Balaban J connectivity index is 1.33. The monoisotopic (exact) mass is 421 g/mol. The Kier molecular flexibility index (Phi) is 7.26. The minimum absolute atomic E-state index is 0.310. The fourth-order valence-corrected chi connectivity index (χ4v) is 4.90. The van der Waals surface area contributed by atoms with Crippen LogP contribution < -0.4 is 0 Å². The third-order valence-electron chi connectivity index (χ3n) is 6.28. The van der Waals surface area contributed by atoms with E-state index in [1.54, 1.807) is 16.8 Å². The van der Waals surface area contributed by atoms with Crippen LogP contribution in [0.3, 0.4) is 0 Å². The molecule has 1 saturated heterocycles. The van der Waals surface area contributed by atoms with E-state index in [0.717, 1.165) is 49.8 Å². The first kappa shape index (κ1) is 21.2. The van der Waals surface area contributed by atoms with Gasteiger partial charge in [0.1, 0.15) is 10.5 Å². The van der Waals surface area contributed by atoms with E-state index in [0.29, 0.717) is 5.41 Å². The van der Waals surface area contributed by atoms with Crippen molar-refractivity contribution in [1.82, 2.24) is 15.1 Å². The summed E-state index contributed by atoms with van der Waals surface area (Å²) in [5.74, 6) is 0. The van der Waals surface area contributed by atoms with Gasteiger partial charge in [0.05, 0.1) is 6.61 Å². The number of piperidine rings is 1. The minimum atomic E-state index is 0.310. The SMILES string of the molecule is CCOCC1(CCc2ccccc2)CCN(Cc2ccc(-c3nncs3)cc2)CC1. The van der Waals surface area contributed by atoms with Gasteiger partial charge in [0, 0.05) is 18.7 Å². The molecular weight excluding hydrogens is 390 g/mol. The van der Waals surface area contributed by atoms with Gasteiger partial charge in [-0.25, -0.2) is 0 Å². The highest BCUT2D eigenvalue weighted by Crippen LogP contribution is 2.37. The third kappa shape index (κ3) is 5.54. The van der Waals surface area contributed by atoms with Gasteiger partial charge < -0.3 is 4.74 Å². The number of nitrogens with zero attached hydrogens (tertiary/aromatic N) is 3. The molecule has 0 saturated carbocycles. The molecule has 1 aliphatic heterocycles. The Labute approximate surface area is 183 Å². The number of hydrogen-bond donors (Lipinski definition) is 0. The van der Waals surface area contributed by atoms with Crippen LogP contribution in [0.4, 0.5) is 0 Å². The van der Waals surface area contributed by atoms with E-state index in [1.807, 2.05) is 0 Å². The van der Waals surface area contributed by atoms with Crippen LogP contribution in [0.2, 0.25) is 0 Å². The van der Waals surface area contributed by atoms with Gasteiger partial charge in [-0.1, -0.05) is 65.9 Å². The van der Waals surface area contributed by atoms with Crippen LogP contribution in [0.15, 0.2) is 60.1 Å². The van der Waals surface area contributed by atoms with Crippen LogP contribution in [0.1, 0.15) is 37.3 Å². The first-order valence-corrected chi connectivity index (χ1v) is 11.8. The molecule has 1 fully saturated rings. The van der Waals surface area contributed by atoms with Gasteiger partial charge in [0.15, 0.2) is 0 Å². The molecular formula is C25H31N3OS. The van der Waals surface area contributed by atoms with E-state index >= 15 is 0 Å². The second kappa shape index (κ2) is 10.3.